The highest BCUT2D eigenvalue weighted by atomic mass is 16.5. The second-order valence-electron chi connectivity index (χ2n) is 6.05. The first kappa shape index (κ1) is 19.5. The minimum Gasteiger partial charge on any atom is -0.424 e. The van der Waals surface area contributed by atoms with Gasteiger partial charge in [-0.2, -0.15) is 0 Å². The van der Waals surface area contributed by atoms with Crippen LogP contribution in [-0.2, 0) is 4.74 Å². The smallest absolute Gasteiger partial charge is 0.321 e. The Balaban J connectivity index is 1.56. The van der Waals surface area contributed by atoms with Crippen molar-refractivity contribution in [3.63, 3.8) is 0 Å². The van der Waals surface area contributed by atoms with Crippen LogP contribution in [-0.4, -0.2) is 35.6 Å². The molecule has 0 fully saturated rings. The van der Waals surface area contributed by atoms with E-state index in [1.54, 1.807) is 24.5 Å². The molecule has 0 saturated heterocycles. The van der Waals surface area contributed by atoms with Crippen LogP contribution in [0.15, 0.2) is 67.0 Å². The van der Waals surface area contributed by atoms with E-state index in [0.29, 0.717) is 31.1 Å². The Bertz CT molecular complexity index is 866. The third kappa shape index (κ3) is 5.62. The van der Waals surface area contributed by atoms with Crippen molar-refractivity contribution in [3.05, 3.63) is 72.6 Å². The monoisotopic (exact) mass is 377 g/mol. The standard InChI is InChI=1S/C22H23N3O3/c1-2-27-14-6-13-23-21(26)18-11-9-17(10-12-18)19-15-24-22(25-16-19)28-20-7-4-3-5-8-20/h3-5,7-12,15-16H,2,6,13-14H2,1H3,(H,23,26). The molecule has 0 aliphatic heterocycles. The molecular formula is C22H23N3O3. The quantitative estimate of drug-likeness (QED) is 0.569. The summed E-state index contributed by atoms with van der Waals surface area (Å²) in [5, 5.41) is 2.89. The number of amides is 1. The molecule has 0 aliphatic carbocycles. The van der Waals surface area contributed by atoms with Crippen molar-refractivity contribution in [2.45, 2.75) is 13.3 Å². The van der Waals surface area contributed by atoms with Gasteiger partial charge in [0, 0.05) is 43.3 Å². The summed E-state index contributed by atoms with van der Waals surface area (Å²) < 4.78 is 10.9. The average molecular weight is 377 g/mol. The fraction of sp³-hybridized carbons (Fsp3) is 0.227. The van der Waals surface area contributed by atoms with Gasteiger partial charge in [-0.15, -0.1) is 0 Å². The Morgan fingerprint density at radius 1 is 0.964 bits per heavy atom. The van der Waals surface area contributed by atoms with Crippen LogP contribution >= 0.6 is 0 Å². The van der Waals surface area contributed by atoms with Crippen LogP contribution in [0.25, 0.3) is 11.1 Å². The van der Waals surface area contributed by atoms with Crippen LogP contribution in [0.1, 0.15) is 23.7 Å². The summed E-state index contributed by atoms with van der Waals surface area (Å²) in [6.45, 7) is 3.89. The highest BCUT2D eigenvalue weighted by Crippen LogP contribution is 2.21. The number of ether oxygens (including phenoxy) is 2. The van der Waals surface area contributed by atoms with Crippen LogP contribution in [0.4, 0.5) is 0 Å². The maximum atomic E-state index is 12.2. The van der Waals surface area contributed by atoms with Crippen molar-refractivity contribution >= 4 is 5.91 Å². The van der Waals surface area contributed by atoms with E-state index in [9.17, 15) is 4.79 Å². The normalized spacial score (nSPS) is 10.5. The molecule has 1 heterocycles. The minimum atomic E-state index is -0.0918. The van der Waals surface area contributed by atoms with E-state index in [-0.39, 0.29) is 11.9 Å². The van der Waals surface area contributed by atoms with Gasteiger partial charge in [-0.25, -0.2) is 9.97 Å². The SMILES string of the molecule is CCOCCCNC(=O)c1ccc(-c2cnc(Oc3ccccc3)nc2)cc1. The van der Waals surface area contributed by atoms with Crippen LogP contribution in [0.2, 0.25) is 0 Å². The second-order valence-corrected chi connectivity index (χ2v) is 6.05. The van der Waals surface area contributed by atoms with Gasteiger partial charge in [0.15, 0.2) is 0 Å². The molecule has 1 N–H and O–H groups in total. The molecule has 3 rings (SSSR count). The van der Waals surface area contributed by atoms with Crippen molar-refractivity contribution in [1.29, 1.82) is 0 Å². The molecular weight excluding hydrogens is 354 g/mol. The number of carbonyl (C=O) groups is 1. The molecule has 3 aromatic rings. The predicted molar refractivity (Wildman–Crippen MR) is 107 cm³/mol. The fourth-order valence-electron chi connectivity index (χ4n) is 2.55. The third-order valence-electron chi connectivity index (χ3n) is 4.02. The van der Waals surface area contributed by atoms with E-state index in [2.05, 4.69) is 15.3 Å². The first-order valence-electron chi connectivity index (χ1n) is 9.27. The lowest BCUT2D eigenvalue weighted by atomic mass is 10.1. The van der Waals surface area contributed by atoms with Gasteiger partial charge in [0.2, 0.25) is 0 Å². The second kappa shape index (κ2) is 10.2. The molecule has 28 heavy (non-hydrogen) atoms. The van der Waals surface area contributed by atoms with Gasteiger partial charge in [0.05, 0.1) is 0 Å². The topological polar surface area (TPSA) is 73.3 Å². The van der Waals surface area contributed by atoms with Gasteiger partial charge in [-0.05, 0) is 43.2 Å². The van der Waals surface area contributed by atoms with E-state index >= 15 is 0 Å². The number of aromatic nitrogens is 2. The molecule has 0 unspecified atom stereocenters. The summed E-state index contributed by atoms with van der Waals surface area (Å²) in [7, 11) is 0. The molecule has 0 saturated carbocycles. The van der Waals surface area contributed by atoms with Crippen LogP contribution in [0.3, 0.4) is 0 Å². The predicted octanol–water partition coefficient (Wildman–Crippen LogP) is 4.09. The van der Waals surface area contributed by atoms with E-state index < -0.39 is 0 Å². The van der Waals surface area contributed by atoms with Gasteiger partial charge >= 0.3 is 6.01 Å². The first-order valence-corrected chi connectivity index (χ1v) is 9.27. The molecule has 1 amide bonds. The van der Waals surface area contributed by atoms with E-state index in [4.69, 9.17) is 9.47 Å². The lowest BCUT2D eigenvalue weighted by Crippen LogP contribution is -2.25. The Kier molecular flexibility index (Phi) is 7.09. The first-order chi connectivity index (χ1) is 13.8. The zero-order chi connectivity index (χ0) is 19.6. The van der Waals surface area contributed by atoms with Crippen molar-refractivity contribution in [2.75, 3.05) is 19.8 Å². The zero-order valence-electron chi connectivity index (χ0n) is 15.8. The molecule has 6 heteroatoms. The summed E-state index contributed by atoms with van der Waals surface area (Å²) in [5.74, 6) is 0.595. The summed E-state index contributed by atoms with van der Waals surface area (Å²) in [6, 6.07) is 17.0. The lowest BCUT2D eigenvalue weighted by molar-refractivity contribution is 0.0944. The molecule has 0 radical (unpaired) electrons. The maximum Gasteiger partial charge on any atom is 0.321 e. The molecule has 0 atom stereocenters. The van der Waals surface area contributed by atoms with Crippen molar-refractivity contribution in [1.82, 2.24) is 15.3 Å². The van der Waals surface area contributed by atoms with Gasteiger partial charge in [0.25, 0.3) is 5.91 Å². The number of hydrogen-bond acceptors (Lipinski definition) is 5. The van der Waals surface area contributed by atoms with E-state index in [1.165, 1.54) is 0 Å². The van der Waals surface area contributed by atoms with Crippen LogP contribution in [0, 0.1) is 0 Å². The molecule has 0 bridgehead atoms. The summed E-state index contributed by atoms with van der Waals surface area (Å²) in [5.41, 5.74) is 2.40. The minimum absolute atomic E-state index is 0.0918. The Hall–Kier alpha value is -3.25. The molecule has 1 aromatic heterocycles. The van der Waals surface area contributed by atoms with Gasteiger partial charge in [0.1, 0.15) is 5.75 Å². The molecule has 0 aliphatic rings. The van der Waals surface area contributed by atoms with Gasteiger partial charge in [-0.3, -0.25) is 4.79 Å². The maximum absolute atomic E-state index is 12.2. The van der Waals surface area contributed by atoms with Crippen molar-refractivity contribution < 1.29 is 14.3 Å². The highest BCUT2D eigenvalue weighted by Gasteiger charge is 2.07. The number of para-hydroxylation sites is 1. The molecule has 6 nitrogen and oxygen atoms in total. The Labute approximate surface area is 164 Å². The zero-order valence-corrected chi connectivity index (χ0v) is 15.8. The van der Waals surface area contributed by atoms with E-state index in [1.807, 2.05) is 49.4 Å². The number of hydrogen-bond donors (Lipinski definition) is 1. The fourth-order valence-corrected chi connectivity index (χ4v) is 2.55. The summed E-state index contributed by atoms with van der Waals surface area (Å²) in [4.78, 5) is 20.6. The number of rotatable bonds is 9. The number of carbonyl (C=O) groups excluding carboxylic acids is 1. The summed E-state index contributed by atoms with van der Waals surface area (Å²) >= 11 is 0. The van der Waals surface area contributed by atoms with Crippen LogP contribution < -0.4 is 10.1 Å². The molecule has 0 spiro atoms. The van der Waals surface area contributed by atoms with Crippen molar-refractivity contribution in [3.8, 4) is 22.9 Å². The average Bonchev–Trinajstić information content (AvgIpc) is 2.75. The van der Waals surface area contributed by atoms with Crippen molar-refractivity contribution in [2.24, 2.45) is 0 Å². The van der Waals surface area contributed by atoms with Crippen LogP contribution in [0.5, 0.6) is 11.8 Å². The van der Waals surface area contributed by atoms with Gasteiger partial charge in [-0.1, -0.05) is 30.3 Å². The largest absolute Gasteiger partial charge is 0.424 e. The lowest BCUT2D eigenvalue weighted by Gasteiger charge is -2.07. The summed E-state index contributed by atoms with van der Waals surface area (Å²) in [6.07, 6.45) is 4.20. The van der Waals surface area contributed by atoms with Gasteiger partial charge < -0.3 is 14.8 Å². The third-order valence-corrected chi connectivity index (χ3v) is 4.02. The Morgan fingerprint density at radius 2 is 1.68 bits per heavy atom. The molecule has 144 valence electrons. The highest BCUT2D eigenvalue weighted by molar-refractivity contribution is 5.94. The molecule has 2 aromatic carbocycles. The number of nitrogens with one attached hydrogen (secondary N) is 1. The van der Waals surface area contributed by atoms with E-state index in [0.717, 1.165) is 17.5 Å². The number of nitrogens with zero attached hydrogens (tertiary/aromatic N) is 2. The Morgan fingerprint density at radius 3 is 2.36 bits per heavy atom. The number of benzene rings is 2.